The Kier molecular flexibility index (Phi) is 6.33. The number of nitriles is 1. The van der Waals surface area contributed by atoms with Crippen LogP contribution in [0.1, 0.15) is 23.6 Å². The number of sulfonamides is 1. The van der Waals surface area contributed by atoms with E-state index in [2.05, 4.69) is 10.0 Å². The molecule has 7 nitrogen and oxygen atoms in total. The van der Waals surface area contributed by atoms with Gasteiger partial charge in [0.15, 0.2) is 0 Å². The fourth-order valence-electron chi connectivity index (χ4n) is 2.39. The number of nitrogens with zero attached hydrogens (tertiary/aromatic N) is 1. The molecule has 1 atom stereocenters. The first-order valence-electron chi connectivity index (χ1n) is 7.72. The Hall–Kier alpha value is -2.89. The number of rotatable bonds is 7. The number of methoxy groups -OCH3 is 1. The SMILES string of the molecule is COc1ccc([C@@H](CC(=O)Nc2cccc(C#N)c2)NS(C)(=O)=O)cc1. The lowest BCUT2D eigenvalue weighted by Gasteiger charge is -2.18. The second-order valence-electron chi connectivity index (χ2n) is 5.66. The average Bonchev–Trinajstić information content (AvgIpc) is 2.60. The van der Waals surface area contributed by atoms with Crippen molar-refractivity contribution in [3.05, 3.63) is 59.7 Å². The third kappa shape index (κ3) is 5.88. The molecular formula is C18H19N3O4S. The Balaban J connectivity index is 2.17. The van der Waals surface area contributed by atoms with E-state index in [1.807, 2.05) is 6.07 Å². The first-order chi connectivity index (χ1) is 12.3. The second-order valence-corrected chi connectivity index (χ2v) is 7.44. The van der Waals surface area contributed by atoms with E-state index in [4.69, 9.17) is 10.00 Å². The van der Waals surface area contributed by atoms with E-state index >= 15 is 0 Å². The maximum absolute atomic E-state index is 12.4. The van der Waals surface area contributed by atoms with Crippen molar-refractivity contribution in [2.45, 2.75) is 12.5 Å². The molecule has 0 aliphatic rings. The summed E-state index contributed by atoms with van der Waals surface area (Å²) in [6, 6.07) is 14.5. The Bertz CT molecular complexity index is 918. The van der Waals surface area contributed by atoms with Crippen molar-refractivity contribution < 1.29 is 17.9 Å². The molecule has 0 aromatic heterocycles. The predicted molar refractivity (Wildman–Crippen MR) is 98.1 cm³/mol. The predicted octanol–water partition coefficient (Wildman–Crippen LogP) is 2.19. The highest BCUT2D eigenvalue weighted by atomic mass is 32.2. The molecular weight excluding hydrogens is 354 g/mol. The van der Waals surface area contributed by atoms with Gasteiger partial charge in [0.05, 0.1) is 31.0 Å². The zero-order chi connectivity index (χ0) is 19.2. The van der Waals surface area contributed by atoms with E-state index in [-0.39, 0.29) is 12.3 Å². The molecule has 8 heteroatoms. The molecule has 0 heterocycles. The van der Waals surface area contributed by atoms with Gasteiger partial charge in [0.25, 0.3) is 0 Å². The van der Waals surface area contributed by atoms with Gasteiger partial charge in [-0.2, -0.15) is 5.26 Å². The Morgan fingerprint density at radius 1 is 1.23 bits per heavy atom. The number of anilines is 1. The zero-order valence-corrected chi connectivity index (χ0v) is 15.2. The van der Waals surface area contributed by atoms with E-state index in [1.165, 1.54) is 7.11 Å². The van der Waals surface area contributed by atoms with Crippen molar-refractivity contribution in [1.29, 1.82) is 5.26 Å². The first kappa shape index (κ1) is 19.4. The van der Waals surface area contributed by atoms with Crippen LogP contribution in [0.25, 0.3) is 0 Å². The lowest BCUT2D eigenvalue weighted by Crippen LogP contribution is -2.30. The highest BCUT2D eigenvalue weighted by Gasteiger charge is 2.20. The summed E-state index contributed by atoms with van der Waals surface area (Å²) in [5.74, 6) is 0.252. The third-order valence-corrected chi connectivity index (χ3v) is 4.25. The summed E-state index contributed by atoms with van der Waals surface area (Å²) in [6.07, 6.45) is 0.938. The second kappa shape index (κ2) is 8.47. The molecule has 0 unspecified atom stereocenters. The van der Waals surface area contributed by atoms with Crippen molar-refractivity contribution in [3.63, 3.8) is 0 Å². The third-order valence-electron chi connectivity index (χ3n) is 3.54. The van der Waals surface area contributed by atoms with Crippen LogP contribution in [0.4, 0.5) is 5.69 Å². The number of ether oxygens (including phenoxy) is 1. The molecule has 0 spiro atoms. The minimum absolute atomic E-state index is 0.101. The highest BCUT2D eigenvalue weighted by molar-refractivity contribution is 7.88. The van der Waals surface area contributed by atoms with Crippen LogP contribution in [0.5, 0.6) is 5.75 Å². The molecule has 0 radical (unpaired) electrons. The lowest BCUT2D eigenvalue weighted by molar-refractivity contribution is -0.116. The van der Waals surface area contributed by atoms with Crippen LogP contribution in [0, 0.1) is 11.3 Å². The molecule has 2 aromatic rings. The van der Waals surface area contributed by atoms with Crippen LogP contribution in [-0.4, -0.2) is 27.7 Å². The topological polar surface area (TPSA) is 108 Å². The minimum Gasteiger partial charge on any atom is -0.497 e. The van der Waals surface area contributed by atoms with Gasteiger partial charge in [0.2, 0.25) is 15.9 Å². The van der Waals surface area contributed by atoms with Crippen LogP contribution in [-0.2, 0) is 14.8 Å². The van der Waals surface area contributed by atoms with Crippen molar-refractivity contribution in [3.8, 4) is 11.8 Å². The number of benzene rings is 2. The molecule has 1 amide bonds. The molecule has 2 N–H and O–H groups in total. The summed E-state index contributed by atoms with van der Waals surface area (Å²) >= 11 is 0. The molecule has 136 valence electrons. The van der Waals surface area contributed by atoms with Crippen molar-refractivity contribution in [2.75, 3.05) is 18.7 Å². The van der Waals surface area contributed by atoms with Gasteiger partial charge in [0.1, 0.15) is 5.75 Å². The average molecular weight is 373 g/mol. The number of carbonyl (C=O) groups is 1. The van der Waals surface area contributed by atoms with Gasteiger partial charge < -0.3 is 10.1 Å². The van der Waals surface area contributed by atoms with E-state index in [0.29, 0.717) is 22.6 Å². The van der Waals surface area contributed by atoms with Gasteiger partial charge in [-0.3, -0.25) is 4.79 Å². The van der Waals surface area contributed by atoms with Gasteiger partial charge in [-0.05, 0) is 35.9 Å². The highest BCUT2D eigenvalue weighted by Crippen LogP contribution is 2.22. The van der Waals surface area contributed by atoms with Gasteiger partial charge in [0, 0.05) is 12.1 Å². The summed E-state index contributed by atoms with van der Waals surface area (Å²) in [4.78, 5) is 12.4. The van der Waals surface area contributed by atoms with Crippen molar-refractivity contribution >= 4 is 21.6 Å². The number of hydrogen-bond acceptors (Lipinski definition) is 5. The van der Waals surface area contributed by atoms with E-state index < -0.39 is 16.1 Å². The molecule has 0 fully saturated rings. The molecule has 0 aliphatic carbocycles. The minimum atomic E-state index is -3.52. The lowest BCUT2D eigenvalue weighted by atomic mass is 10.0. The normalized spacial score (nSPS) is 12.0. The smallest absolute Gasteiger partial charge is 0.226 e. The monoisotopic (exact) mass is 373 g/mol. The number of amides is 1. The summed E-state index contributed by atoms with van der Waals surface area (Å²) in [5.41, 5.74) is 1.53. The standard InChI is InChI=1S/C18H19N3O4S/c1-25-16-8-6-14(7-9-16)17(21-26(2,23)24)11-18(22)20-15-5-3-4-13(10-15)12-19/h3-10,17,21H,11H2,1-2H3,(H,20,22)/t17-/m1/s1. The molecule has 0 aliphatic heterocycles. The Morgan fingerprint density at radius 3 is 2.50 bits per heavy atom. The van der Waals surface area contributed by atoms with Crippen molar-refractivity contribution in [2.24, 2.45) is 0 Å². The number of nitrogens with one attached hydrogen (secondary N) is 2. The molecule has 0 bridgehead atoms. The maximum atomic E-state index is 12.4. The largest absolute Gasteiger partial charge is 0.497 e. The van der Waals surface area contributed by atoms with Crippen LogP contribution in [0.15, 0.2) is 48.5 Å². The van der Waals surface area contributed by atoms with Crippen LogP contribution in [0.2, 0.25) is 0 Å². The van der Waals surface area contributed by atoms with Gasteiger partial charge in [-0.25, -0.2) is 13.1 Å². The van der Waals surface area contributed by atoms with Gasteiger partial charge >= 0.3 is 0 Å². The molecule has 0 saturated carbocycles. The van der Waals surface area contributed by atoms with E-state index in [1.54, 1.807) is 48.5 Å². The number of hydrogen-bond donors (Lipinski definition) is 2. The fourth-order valence-corrected chi connectivity index (χ4v) is 3.12. The van der Waals surface area contributed by atoms with Gasteiger partial charge in [-0.15, -0.1) is 0 Å². The summed E-state index contributed by atoms with van der Waals surface area (Å²) in [7, 11) is -1.99. The zero-order valence-electron chi connectivity index (χ0n) is 14.4. The number of carbonyl (C=O) groups excluding carboxylic acids is 1. The van der Waals surface area contributed by atoms with Crippen LogP contribution < -0.4 is 14.8 Å². The Morgan fingerprint density at radius 2 is 1.92 bits per heavy atom. The summed E-state index contributed by atoms with van der Waals surface area (Å²) < 4.78 is 30.9. The molecule has 26 heavy (non-hydrogen) atoms. The van der Waals surface area contributed by atoms with E-state index in [9.17, 15) is 13.2 Å². The quantitative estimate of drug-likeness (QED) is 0.773. The van der Waals surface area contributed by atoms with Crippen LogP contribution >= 0.6 is 0 Å². The molecule has 2 rings (SSSR count). The Labute approximate surface area is 152 Å². The van der Waals surface area contributed by atoms with E-state index in [0.717, 1.165) is 6.26 Å². The maximum Gasteiger partial charge on any atom is 0.226 e. The van der Waals surface area contributed by atoms with Crippen LogP contribution in [0.3, 0.4) is 0 Å². The van der Waals surface area contributed by atoms with Crippen molar-refractivity contribution in [1.82, 2.24) is 4.72 Å². The first-order valence-corrected chi connectivity index (χ1v) is 9.61. The summed E-state index contributed by atoms with van der Waals surface area (Å²) in [5, 5.41) is 11.6. The molecule has 0 saturated heterocycles. The van der Waals surface area contributed by atoms with Gasteiger partial charge in [-0.1, -0.05) is 18.2 Å². The summed E-state index contributed by atoms with van der Waals surface area (Å²) in [6.45, 7) is 0. The molecule has 2 aromatic carbocycles. The fraction of sp³-hybridized carbons (Fsp3) is 0.222.